The standard InChI is InChI=1S/C23H35N10O18P3/c1-30(2)23-27-17-11(19(39)29-23)31(3)7-33(17)21-15(37)13(35)9(49-21)5-47-53(42,43)51-54(44,45)50-52(40,41)46-4-8-12(34)14(36)20(48-8)32-6-25-10-16(32)26-22(24)28-18(10)38/h6,8-9,12-15,20-21,34-37H,4-5,7H2,1-3H3,(H,40,41)(H,42,43)(H,44,45)(H,27,29,39)(H3,24,26,28,38)/t8-,9-,12-,13-,14-,15-,20-,21-/m1/s1. The number of nitrogen functional groups attached to an aromatic ring is 1. The van der Waals surface area contributed by atoms with E-state index in [1.807, 2.05) is 0 Å². The first-order valence-corrected chi connectivity index (χ1v) is 19.8. The van der Waals surface area contributed by atoms with Gasteiger partial charge in [-0.3, -0.25) is 33.2 Å². The van der Waals surface area contributed by atoms with Gasteiger partial charge in [-0.1, -0.05) is 0 Å². The van der Waals surface area contributed by atoms with Crippen molar-refractivity contribution in [3.05, 3.63) is 27.0 Å². The Balaban J connectivity index is 1.04. The highest BCUT2D eigenvalue weighted by molar-refractivity contribution is 7.66. The van der Waals surface area contributed by atoms with E-state index in [0.717, 1.165) is 10.9 Å². The normalized spacial score (nSPS) is 30.3. The molecule has 0 bridgehead atoms. The zero-order chi connectivity index (χ0) is 39.7. The second kappa shape index (κ2) is 14.6. The fourth-order valence-corrected chi connectivity index (χ4v) is 9.30. The fourth-order valence-electron chi connectivity index (χ4n) is 5.78. The Bertz CT molecular complexity index is 2170. The van der Waals surface area contributed by atoms with Crippen molar-refractivity contribution in [2.75, 3.05) is 61.5 Å². The fraction of sp³-hybridized carbons (Fsp3) is 0.609. The number of hydrogen-bond donors (Lipinski definition) is 10. The maximum Gasteiger partial charge on any atom is 0.490 e. The monoisotopic (exact) mass is 832 g/mol. The summed E-state index contributed by atoms with van der Waals surface area (Å²) in [6.07, 6.45) is -12.1. The van der Waals surface area contributed by atoms with E-state index in [-0.39, 0.29) is 41.2 Å². The van der Waals surface area contributed by atoms with Gasteiger partial charge in [0.05, 0.1) is 26.2 Å². The third-order valence-corrected chi connectivity index (χ3v) is 12.5. The number of imidazole rings is 1. The minimum Gasteiger partial charge on any atom is -0.387 e. The zero-order valence-electron chi connectivity index (χ0n) is 28.0. The number of aromatic nitrogens is 6. The summed E-state index contributed by atoms with van der Waals surface area (Å²) in [6.45, 7) is -2.18. The minimum absolute atomic E-state index is 0.0374. The number of aromatic amines is 2. The summed E-state index contributed by atoms with van der Waals surface area (Å²) in [6, 6.07) is 0. The molecule has 0 spiro atoms. The number of aliphatic hydroxyl groups is 4. The molecular formula is C23H35N10O18P3. The number of phosphoric acid groups is 3. The van der Waals surface area contributed by atoms with E-state index in [1.54, 1.807) is 21.1 Å². The molecule has 6 rings (SSSR count). The summed E-state index contributed by atoms with van der Waals surface area (Å²) in [7, 11) is -12.6. The van der Waals surface area contributed by atoms with Gasteiger partial charge in [0.15, 0.2) is 29.4 Å². The quantitative estimate of drug-likeness (QED) is 0.0738. The van der Waals surface area contributed by atoms with Crippen molar-refractivity contribution in [1.29, 1.82) is 0 Å². The van der Waals surface area contributed by atoms with Crippen LogP contribution in [0.5, 0.6) is 0 Å². The maximum atomic E-state index is 12.7. The first kappa shape index (κ1) is 40.3. The number of hydrogen-bond acceptors (Lipinski definition) is 22. The van der Waals surface area contributed by atoms with Gasteiger partial charge in [-0.25, -0.2) is 18.7 Å². The Morgan fingerprint density at radius 2 is 1.43 bits per heavy atom. The van der Waals surface area contributed by atoms with Crippen LogP contribution in [0.2, 0.25) is 0 Å². The molecule has 54 heavy (non-hydrogen) atoms. The van der Waals surface area contributed by atoms with E-state index in [9.17, 15) is 58.4 Å². The predicted octanol–water partition coefficient (Wildman–Crippen LogP) is -3.80. The van der Waals surface area contributed by atoms with Gasteiger partial charge in [-0.2, -0.15) is 18.6 Å². The molecule has 2 saturated heterocycles. The first-order chi connectivity index (χ1) is 25.1. The molecule has 31 heteroatoms. The molecule has 0 aromatic carbocycles. The van der Waals surface area contributed by atoms with Crippen LogP contribution in [0.25, 0.3) is 11.2 Å². The lowest BCUT2D eigenvalue weighted by Gasteiger charge is -2.27. The van der Waals surface area contributed by atoms with E-state index in [0.29, 0.717) is 0 Å². The van der Waals surface area contributed by atoms with Gasteiger partial charge in [-0.05, 0) is 0 Å². The van der Waals surface area contributed by atoms with Crippen molar-refractivity contribution in [3.63, 3.8) is 0 Å². The van der Waals surface area contributed by atoms with Crippen LogP contribution in [0, 0.1) is 0 Å². The topological polar surface area (TPSA) is 393 Å². The van der Waals surface area contributed by atoms with Gasteiger partial charge in [0.1, 0.15) is 42.3 Å². The molecule has 11 atom stereocenters. The lowest BCUT2D eigenvalue weighted by molar-refractivity contribution is -0.0503. The van der Waals surface area contributed by atoms with Gasteiger partial charge >= 0.3 is 23.5 Å². The third-order valence-electron chi connectivity index (χ3n) is 8.23. The number of ether oxygens (including phenoxy) is 2. The summed E-state index contributed by atoms with van der Waals surface area (Å²) < 4.78 is 67.1. The largest absolute Gasteiger partial charge is 0.490 e. The molecule has 3 aliphatic heterocycles. The van der Waals surface area contributed by atoms with Crippen LogP contribution < -0.4 is 31.6 Å². The second-order valence-corrected chi connectivity index (χ2v) is 16.9. The lowest BCUT2D eigenvalue weighted by atomic mass is 10.1. The van der Waals surface area contributed by atoms with E-state index in [1.165, 1.54) is 14.7 Å². The highest BCUT2D eigenvalue weighted by Gasteiger charge is 2.51. The summed E-state index contributed by atoms with van der Waals surface area (Å²) in [5.41, 5.74) is 4.10. The van der Waals surface area contributed by atoms with Gasteiger partial charge in [0.2, 0.25) is 11.9 Å². The van der Waals surface area contributed by atoms with Crippen LogP contribution in [-0.4, -0.2) is 148 Å². The third kappa shape index (κ3) is 7.96. The molecule has 3 aromatic rings. The number of fused-ring (bicyclic) bond motifs is 2. The van der Waals surface area contributed by atoms with Crippen molar-refractivity contribution in [2.24, 2.45) is 0 Å². The first-order valence-electron chi connectivity index (χ1n) is 15.3. The minimum atomic E-state index is -6.00. The van der Waals surface area contributed by atoms with E-state index in [2.05, 4.69) is 42.6 Å². The van der Waals surface area contributed by atoms with Crippen molar-refractivity contribution in [1.82, 2.24) is 29.5 Å². The molecule has 28 nitrogen and oxygen atoms in total. The van der Waals surface area contributed by atoms with Crippen LogP contribution in [0.4, 0.5) is 23.4 Å². The highest BCUT2D eigenvalue weighted by Crippen LogP contribution is 2.67. The highest BCUT2D eigenvalue weighted by atomic mass is 31.3. The summed E-state index contributed by atoms with van der Waals surface area (Å²) in [4.78, 5) is 76.2. The van der Waals surface area contributed by atoms with Crippen molar-refractivity contribution < 1.29 is 75.9 Å². The van der Waals surface area contributed by atoms with E-state index < -0.39 is 96.9 Å². The molecule has 0 radical (unpaired) electrons. The molecule has 0 amide bonds. The molecule has 2 fully saturated rings. The van der Waals surface area contributed by atoms with Crippen LogP contribution in [0.3, 0.4) is 0 Å². The Hall–Kier alpha value is -3.40. The van der Waals surface area contributed by atoms with Crippen LogP contribution in [-0.2, 0) is 40.8 Å². The number of rotatable bonds is 13. The van der Waals surface area contributed by atoms with Crippen molar-refractivity contribution in [2.45, 2.75) is 49.1 Å². The second-order valence-electron chi connectivity index (χ2n) is 12.3. The molecule has 3 aromatic heterocycles. The Morgan fingerprint density at radius 1 is 0.870 bits per heavy atom. The molecule has 6 heterocycles. The zero-order valence-corrected chi connectivity index (χ0v) is 30.7. The van der Waals surface area contributed by atoms with Crippen molar-refractivity contribution >= 4 is 58.0 Å². The molecular weight excluding hydrogens is 797 g/mol. The number of aliphatic hydroxyl groups excluding tert-OH is 4. The summed E-state index contributed by atoms with van der Waals surface area (Å²) >= 11 is 0. The molecule has 3 unspecified atom stereocenters. The number of anilines is 4. The number of nitrogens with one attached hydrogen (secondary N) is 2. The number of phosphoric ester groups is 2. The molecule has 3 aliphatic rings. The Morgan fingerprint density at radius 3 is 2.00 bits per heavy atom. The van der Waals surface area contributed by atoms with Crippen LogP contribution in [0.1, 0.15) is 6.23 Å². The summed E-state index contributed by atoms with van der Waals surface area (Å²) in [5, 5.41) is 42.4. The van der Waals surface area contributed by atoms with Crippen LogP contribution in [0.15, 0.2) is 15.9 Å². The lowest BCUT2D eigenvalue weighted by Crippen LogP contribution is -2.45. The van der Waals surface area contributed by atoms with Gasteiger partial charge in [0, 0.05) is 21.1 Å². The maximum absolute atomic E-state index is 12.7. The molecule has 0 aliphatic carbocycles. The number of H-pyrrole nitrogens is 2. The molecule has 0 saturated carbocycles. The predicted molar refractivity (Wildman–Crippen MR) is 178 cm³/mol. The smallest absolute Gasteiger partial charge is 0.387 e. The number of nitrogens with zero attached hydrogens (tertiary/aromatic N) is 7. The average Bonchev–Trinajstić information content (AvgIpc) is 3.78. The van der Waals surface area contributed by atoms with Crippen LogP contribution >= 0.6 is 23.5 Å². The average molecular weight is 833 g/mol. The van der Waals surface area contributed by atoms with E-state index in [4.69, 9.17) is 15.2 Å². The van der Waals surface area contributed by atoms with Gasteiger partial charge in [-0.15, -0.1) is 0 Å². The van der Waals surface area contributed by atoms with Crippen molar-refractivity contribution in [3.8, 4) is 0 Å². The summed E-state index contributed by atoms with van der Waals surface area (Å²) in [5.74, 6) is -0.0519. The number of nitrogens with two attached hydrogens (primary N) is 1. The van der Waals surface area contributed by atoms with Gasteiger partial charge < -0.3 is 65.0 Å². The SMILES string of the molecule is CN(C)c1nc2c(c(=O)[nH]1)N(C)CN2[C@@H]1O[C@H](COP(=O)(O)OP(=O)(O)OP(=O)(O)OC[C@H]2O[C@@H](n3cnc4c(=O)[nH]c(N)nc43)[C@H](O)[C@@H]2O)[C@@H](O)[C@H]1O. The Labute approximate surface area is 301 Å². The van der Waals surface area contributed by atoms with Gasteiger partial charge in [0.25, 0.3) is 11.1 Å². The van der Waals surface area contributed by atoms with E-state index >= 15 is 0 Å². The Kier molecular flexibility index (Phi) is 10.9. The molecule has 300 valence electrons. The molecule has 11 N–H and O–H groups in total.